The number of hydrogen-bond acceptors (Lipinski definition) is 9. The summed E-state index contributed by atoms with van der Waals surface area (Å²) >= 11 is 0. The molecule has 11 heteroatoms. The summed E-state index contributed by atoms with van der Waals surface area (Å²) in [7, 11) is -2.17. The molecule has 0 aromatic heterocycles. The van der Waals surface area contributed by atoms with Crippen LogP contribution in [0.25, 0.3) is 0 Å². The van der Waals surface area contributed by atoms with Crippen molar-refractivity contribution < 1.29 is 48.3 Å². The molecule has 9 nitrogen and oxygen atoms in total. The van der Waals surface area contributed by atoms with Crippen molar-refractivity contribution in [2.75, 3.05) is 0 Å². The molecule has 0 aromatic rings. The van der Waals surface area contributed by atoms with E-state index in [4.69, 9.17) is 30.9 Å². The second kappa shape index (κ2) is 10.7. The Morgan fingerprint density at radius 2 is 1.47 bits per heavy atom. The van der Waals surface area contributed by atoms with Gasteiger partial charge < -0.3 is 24.6 Å². The van der Waals surface area contributed by atoms with Crippen molar-refractivity contribution in [1.29, 1.82) is 15.8 Å². The average molecular weight is 231 g/mol. The Hall–Kier alpha value is -1.85. The zero-order valence-electron chi connectivity index (χ0n) is 8.49. The first kappa shape index (κ1) is 20.6. The van der Waals surface area contributed by atoms with E-state index in [-0.39, 0.29) is 18.9 Å². The summed E-state index contributed by atoms with van der Waals surface area (Å²) in [6.07, 6.45) is 0.759. The third-order valence-corrected chi connectivity index (χ3v) is 0.801. The Morgan fingerprint density at radius 1 is 1.18 bits per heavy atom. The molecule has 3 N–H and O–H groups in total. The first-order valence-electron chi connectivity index (χ1n) is 3.26. The summed E-state index contributed by atoms with van der Waals surface area (Å²) in [6.45, 7) is 0. The smallest absolute Gasteiger partial charge is 0.531 e. The van der Waals surface area contributed by atoms with E-state index in [1.54, 1.807) is 0 Å². The van der Waals surface area contributed by atoms with Gasteiger partial charge in [0, 0.05) is 0 Å². The van der Waals surface area contributed by atoms with Gasteiger partial charge in [-0.3, -0.25) is 4.79 Å². The number of hydrogen-bond donors (Lipinski definition) is 3. The third kappa shape index (κ3) is 10.4. The summed E-state index contributed by atoms with van der Waals surface area (Å²) in [5.41, 5.74) is -2.55. The van der Waals surface area contributed by atoms with Crippen LogP contribution in [-0.4, -0.2) is 40.2 Å². The Balaban J connectivity index is -0.000000340. The molecule has 0 unspecified atom stereocenters. The van der Waals surface area contributed by atoms with E-state index in [2.05, 4.69) is 4.74 Å². The van der Waals surface area contributed by atoms with Gasteiger partial charge >= 0.3 is 31.8 Å². The van der Waals surface area contributed by atoms with E-state index in [9.17, 15) is 9.59 Å². The van der Waals surface area contributed by atoms with Gasteiger partial charge in [-0.15, -0.1) is 0 Å². The predicted octanol–water partition coefficient (Wildman–Crippen LogP) is -6.10. The maximum Gasteiger partial charge on any atom is 1.00 e. The molecule has 0 rings (SSSR count). The quantitative estimate of drug-likeness (QED) is 0.180. The fraction of sp³-hybridized carbons (Fsp3) is 0.167. The van der Waals surface area contributed by atoms with E-state index in [0.29, 0.717) is 0 Å². The molecule has 0 aliphatic heterocycles. The first-order chi connectivity index (χ1) is 7.37. The molecular formula is C6H3BLiN3O6. The number of carbonyl (C=O) groups is 1. The molecule has 17 heavy (non-hydrogen) atoms. The third-order valence-electron chi connectivity index (χ3n) is 0.801. The maximum absolute atomic E-state index is 10.2. The van der Waals surface area contributed by atoms with Crippen LogP contribution in [0, 0.1) is 34.0 Å². The molecule has 0 aromatic carbocycles. The van der Waals surface area contributed by atoms with Crippen LogP contribution in [0.3, 0.4) is 0 Å². The van der Waals surface area contributed by atoms with E-state index >= 15 is 0 Å². The molecule has 0 amide bonds. The van der Waals surface area contributed by atoms with Crippen LogP contribution in [0.15, 0.2) is 0 Å². The summed E-state index contributed by atoms with van der Waals surface area (Å²) < 4.78 is 3.89. The van der Waals surface area contributed by atoms with Crippen LogP contribution in [0.2, 0.25) is 0 Å². The summed E-state index contributed by atoms with van der Waals surface area (Å²) in [6, 6.07) is 3.41. The van der Waals surface area contributed by atoms with Gasteiger partial charge in [-0.25, -0.2) is 0 Å². The Kier molecular flexibility index (Phi) is 12.9. The van der Waals surface area contributed by atoms with Crippen LogP contribution >= 0.6 is 0 Å². The van der Waals surface area contributed by atoms with E-state index < -0.39 is 18.9 Å². The van der Waals surface area contributed by atoms with Crippen molar-refractivity contribution >= 4 is 19.6 Å². The van der Waals surface area contributed by atoms with E-state index in [1.807, 2.05) is 0 Å². The van der Waals surface area contributed by atoms with Crippen LogP contribution < -0.4 is 18.9 Å². The monoisotopic (exact) mass is 231 g/mol. The fourth-order valence-electron chi connectivity index (χ4n) is 0.303. The van der Waals surface area contributed by atoms with Gasteiger partial charge in [0.15, 0.2) is 5.97 Å². The molecule has 0 aliphatic carbocycles. The van der Waals surface area contributed by atoms with E-state index in [0.717, 1.165) is 24.5 Å². The minimum absolute atomic E-state index is 0. The van der Waals surface area contributed by atoms with Gasteiger partial charge in [-0.1, -0.05) is 0 Å². The second-order valence-corrected chi connectivity index (χ2v) is 1.85. The number of nitrogens with zero attached hydrogens (tertiary/aromatic N) is 3. The average Bonchev–Trinajstić information content (AvgIpc) is 2.25. The molecule has 82 valence electrons. The van der Waals surface area contributed by atoms with Crippen molar-refractivity contribution in [3.63, 3.8) is 0 Å². The Morgan fingerprint density at radius 3 is 1.65 bits per heavy atom. The normalized spacial score (nSPS) is 7.53. The number of ether oxygens (including phenoxy) is 1. The molecule has 0 saturated heterocycles. The van der Waals surface area contributed by atoms with Gasteiger partial charge in [-0.2, -0.15) is 22.1 Å². The standard InChI is InChI=1S/C6N3O3.BH3O3.Li/c7-2-6(3-8,4-9)12-5(11)1-10;2-1(3)4;/h;2-4H;/q-1;;+1. The largest absolute Gasteiger partial charge is 1.00 e. The zero-order valence-corrected chi connectivity index (χ0v) is 8.49. The van der Waals surface area contributed by atoms with Crippen LogP contribution in [-0.2, 0) is 14.3 Å². The van der Waals surface area contributed by atoms with Crippen LogP contribution in [0.5, 0.6) is 0 Å². The van der Waals surface area contributed by atoms with Crippen LogP contribution in [0.4, 0.5) is 0 Å². The number of nitriles is 3. The molecular weight excluding hydrogens is 228 g/mol. The van der Waals surface area contributed by atoms with Crippen molar-refractivity contribution in [2.24, 2.45) is 0 Å². The van der Waals surface area contributed by atoms with Crippen molar-refractivity contribution in [1.82, 2.24) is 0 Å². The van der Waals surface area contributed by atoms with Crippen molar-refractivity contribution in [3.8, 4) is 18.2 Å². The van der Waals surface area contributed by atoms with Gasteiger partial charge in [-0.05, 0) is 0 Å². The zero-order chi connectivity index (χ0) is 13.2. The summed E-state index contributed by atoms with van der Waals surface area (Å²) in [5.74, 6) is -1.56. The Labute approximate surface area is 108 Å². The molecule has 0 spiro atoms. The van der Waals surface area contributed by atoms with E-state index in [1.165, 1.54) is 0 Å². The number of carbonyl (C=O) groups excluding carboxylic acids is 2. The number of rotatable bonds is 2. The van der Waals surface area contributed by atoms with Gasteiger partial charge in [0.25, 0.3) is 0 Å². The van der Waals surface area contributed by atoms with Gasteiger partial charge in [0.05, 0.1) is 0 Å². The van der Waals surface area contributed by atoms with Crippen molar-refractivity contribution in [3.05, 3.63) is 0 Å². The topological polar surface area (TPSA) is 175 Å². The number of esters is 1. The summed E-state index contributed by atoms with van der Waals surface area (Å²) in [5, 5.41) is 46.2. The molecule has 0 heterocycles. The molecule has 0 saturated carbocycles. The SMILES string of the molecule is N#CC(C#N)(C#N)OC(=O)[C-]=O.OB(O)O.[Li+]. The first-order valence-corrected chi connectivity index (χ1v) is 3.26. The minimum atomic E-state index is -2.55. The second-order valence-electron chi connectivity index (χ2n) is 1.85. The van der Waals surface area contributed by atoms with Gasteiger partial charge in [0.1, 0.15) is 18.2 Å². The predicted molar refractivity (Wildman–Crippen MR) is 43.8 cm³/mol. The molecule has 0 radical (unpaired) electrons. The maximum atomic E-state index is 10.2. The molecule has 0 fully saturated rings. The Bertz CT molecular complexity index is 342. The van der Waals surface area contributed by atoms with Crippen molar-refractivity contribution in [2.45, 2.75) is 5.60 Å². The van der Waals surface area contributed by atoms with Gasteiger partial charge in [0.2, 0.25) is 0 Å². The minimum Gasteiger partial charge on any atom is -0.531 e. The molecule has 0 bridgehead atoms. The fourth-order valence-corrected chi connectivity index (χ4v) is 0.303. The molecule has 0 atom stereocenters. The van der Waals surface area contributed by atoms with Crippen LogP contribution in [0.1, 0.15) is 0 Å². The summed E-state index contributed by atoms with van der Waals surface area (Å²) in [4.78, 5) is 19.8. The molecule has 0 aliphatic rings.